The van der Waals surface area contributed by atoms with E-state index in [1.54, 1.807) is 4.57 Å². The first-order valence-electron chi connectivity index (χ1n) is 13.2. The van der Waals surface area contributed by atoms with Gasteiger partial charge in [-0.2, -0.15) is 0 Å². The fourth-order valence-corrected chi connectivity index (χ4v) is 9.02. The van der Waals surface area contributed by atoms with Gasteiger partial charge < -0.3 is 9.88 Å². The summed E-state index contributed by atoms with van der Waals surface area (Å²) < 4.78 is 1.78. The number of benzene rings is 2. The summed E-state index contributed by atoms with van der Waals surface area (Å²) in [7, 11) is 0. The number of carbonyl (C=O) groups is 1. The van der Waals surface area contributed by atoms with Crippen LogP contribution in [0.25, 0.3) is 10.8 Å². The highest BCUT2D eigenvalue weighted by molar-refractivity contribution is 6.02. The minimum absolute atomic E-state index is 0.0307. The minimum atomic E-state index is -0.0647. The van der Waals surface area contributed by atoms with E-state index < -0.39 is 0 Å². The van der Waals surface area contributed by atoms with Gasteiger partial charge >= 0.3 is 0 Å². The van der Waals surface area contributed by atoms with Gasteiger partial charge in [-0.3, -0.25) is 9.59 Å². The monoisotopic (exact) mass is 468 g/mol. The fraction of sp³-hybridized carbons (Fsp3) is 0.484. The molecule has 0 aliphatic heterocycles. The summed E-state index contributed by atoms with van der Waals surface area (Å²) in [5.41, 5.74) is 2.73. The lowest BCUT2D eigenvalue weighted by molar-refractivity contribution is -0.153. The van der Waals surface area contributed by atoms with Crippen molar-refractivity contribution in [3.63, 3.8) is 0 Å². The maximum absolute atomic E-state index is 13.4. The predicted octanol–water partition coefficient (Wildman–Crippen LogP) is 6.94. The van der Waals surface area contributed by atoms with Crippen LogP contribution in [0.15, 0.2) is 65.6 Å². The van der Waals surface area contributed by atoms with Crippen molar-refractivity contribution in [2.45, 2.75) is 71.8 Å². The Labute approximate surface area is 207 Å². The van der Waals surface area contributed by atoms with Crippen LogP contribution in [-0.2, 0) is 4.79 Å². The topological polar surface area (TPSA) is 51.1 Å². The molecule has 4 aliphatic rings. The zero-order valence-corrected chi connectivity index (χ0v) is 21.1. The lowest BCUT2D eigenvalue weighted by atomic mass is 9.40. The van der Waals surface area contributed by atoms with Crippen LogP contribution in [0.1, 0.15) is 77.3 Å². The lowest BCUT2D eigenvalue weighted by Crippen LogP contribution is -2.55. The minimum Gasteiger partial charge on any atom is -0.325 e. The van der Waals surface area contributed by atoms with Gasteiger partial charge in [0.15, 0.2) is 0 Å². The van der Waals surface area contributed by atoms with E-state index in [4.69, 9.17) is 0 Å². The van der Waals surface area contributed by atoms with E-state index in [1.807, 2.05) is 67.7 Å². The summed E-state index contributed by atoms with van der Waals surface area (Å²) in [4.78, 5) is 26.8. The molecular weight excluding hydrogens is 432 g/mol. The number of nitrogens with one attached hydrogen (secondary N) is 1. The molecule has 35 heavy (non-hydrogen) atoms. The third-order valence-electron chi connectivity index (χ3n) is 9.22. The number of hydrogen-bond acceptors (Lipinski definition) is 2. The molecule has 4 fully saturated rings. The van der Waals surface area contributed by atoms with E-state index in [-0.39, 0.29) is 22.9 Å². The van der Waals surface area contributed by atoms with E-state index in [1.165, 1.54) is 38.5 Å². The average molecular weight is 469 g/mol. The largest absolute Gasteiger partial charge is 0.325 e. The molecule has 4 nitrogen and oxygen atoms in total. The van der Waals surface area contributed by atoms with Crippen LogP contribution in [0.4, 0.5) is 5.69 Å². The zero-order valence-electron chi connectivity index (χ0n) is 21.1. The molecule has 2 aromatic carbocycles. The quantitative estimate of drug-likeness (QED) is 0.441. The van der Waals surface area contributed by atoms with Gasteiger partial charge in [0.1, 0.15) is 0 Å². The van der Waals surface area contributed by atoms with Crippen molar-refractivity contribution < 1.29 is 4.79 Å². The van der Waals surface area contributed by atoms with Crippen molar-refractivity contribution in [3.8, 4) is 0 Å². The number of aromatic nitrogens is 1. The summed E-state index contributed by atoms with van der Waals surface area (Å²) in [5, 5.41) is 4.66. The van der Waals surface area contributed by atoms with Crippen LogP contribution in [0.2, 0.25) is 0 Å². The Morgan fingerprint density at radius 3 is 2.34 bits per heavy atom. The molecular formula is C31H36N2O2. The highest BCUT2D eigenvalue weighted by atomic mass is 16.1. The van der Waals surface area contributed by atoms with Gasteiger partial charge in [-0.25, -0.2) is 0 Å². The second kappa shape index (κ2) is 7.81. The van der Waals surface area contributed by atoms with Crippen molar-refractivity contribution in [2.24, 2.45) is 22.2 Å². The predicted molar refractivity (Wildman–Crippen MR) is 142 cm³/mol. The number of carbonyl (C=O) groups excluding carboxylic acids is 1. The molecule has 1 heterocycles. The maximum Gasteiger partial charge on any atom is 0.259 e. The van der Waals surface area contributed by atoms with Crippen LogP contribution in [0, 0.1) is 22.2 Å². The average Bonchev–Trinajstić information content (AvgIpc) is 2.77. The molecule has 4 saturated carbocycles. The first-order valence-corrected chi connectivity index (χ1v) is 13.2. The van der Waals surface area contributed by atoms with E-state index in [9.17, 15) is 9.59 Å². The number of hydrogen-bond donors (Lipinski definition) is 1. The Hall–Kier alpha value is -2.88. The van der Waals surface area contributed by atoms with Gasteiger partial charge in [0.05, 0.1) is 6.04 Å². The smallest absolute Gasteiger partial charge is 0.259 e. The van der Waals surface area contributed by atoms with E-state index in [0.717, 1.165) is 22.6 Å². The van der Waals surface area contributed by atoms with Gasteiger partial charge in [-0.05, 0) is 91.4 Å². The Morgan fingerprint density at radius 1 is 0.943 bits per heavy atom. The Bertz CT molecular complexity index is 1340. The maximum atomic E-state index is 13.4. The molecule has 1 aromatic heterocycles. The molecule has 1 amide bonds. The molecule has 3 unspecified atom stereocenters. The number of pyridine rings is 1. The van der Waals surface area contributed by atoms with E-state index in [2.05, 4.69) is 19.2 Å². The number of rotatable bonds is 5. The second-order valence-corrected chi connectivity index (χ2v) is 12.7. The zero-order chi connectivity index (χ0) is 24.4. The van der Waals surface area contributed by atoms with Crippen LogP contribution < -0.4 is 10.9 Å². The number of amides is 1. The van der Waals surface area contributed by atoms with Crippen molar-refractivity contribution in [1.29, 1.82) is 0 Å². The summed E-state index contributed by atoms with van der Waals surface area (Å²) in [6.45, 7) is 6.95. The normalized spacial score (nSPS) is 32.0. The molecule has 4 bridgehead atoms. The SMILES string of the molecule is CC(c1ccccc1)n1ccc2c(NC(=O)CC34CC5CC(C)(CC(C)(C5)C3)C4)cccc2c1=O. The summed E-state index contributed by atoms with van der Waals surface area (Å²) in [6.07, 6.45) is 9.99. The molecule has 7 rings (SSSR count). The number of anilines is 1. The van der Waals surface area contributed by atoms with Gasteiger partial charge in [0.2, 0.25) is 5.91 Å². The first-order chi connectivity index (χ1) is 16.7. The van der Waals surface area contributed by atoms with Crippen LogP contribution in [-0.4, -0.2) is 10.5 Å². The second-order valence-electron chi connectivity index (χ2n) is 12.7. The first kappa shape index (κ1) is 22.6. The highest BCUT2D eigenvalue weighted by Gasteiger charge is 2.60. The van der Waals surface area contributed by atoms with Crippen LogP contribution in [0.3, 0.4) is 0 Å². The molecule has 1 N–H and O–H groups in total. The summed E-state index contributed by atoms with van der Waals surface area (Å²) in [5.74, 6) is 0.866. The molecule has 0 spiro atoms. The Morgan fingerprint density at radius 2 is 1.66 bits per heavy atom. The molecule has 3 atom stereocenters. The Balaban J connectivity index is 1.26. The third-order valence-corrected chi connectivity index (χ3v) is 9.22. The van der Waals surface area contributed by atoms with Gasteiger partial charge in [0, 0.05) is 29.1 Å². The molecule has 4 aliphatic carbocycles. The molecule has 182 valence electrons. The Kier molecular flexibility index (Phi) is 5.04. The summed E-state index contributed by atoms with van der Waals surface area (Å²) >= 11 is 0. The lowest BCUT2D eigenvalue weighted by Gasteiger charge is -2.65. The van der Waals surface area contributed by atoms with Crippen molar-refractivity contribution in [3.05, 3.63) is 76.7 Å². The highest BCUT2D eigenvalue weighted by Crippen LogP contribution is 2.70. The van der Waals surface area contributed by atoms with E-state index >= 15 is 0 Å². The molecule has 4 heteroatoms. The van der Waals surface area contributed by atoms with Crippen LogP contribution in [0.5, 0.6) is 0 Å². The number of nitrogens with zero attached hydrogens (tertiary/aromatic N) is 1. The van der Waals surface area contributed by atoms with Gasteiger partial charge in [-0.1, -0.05) is 50.2 Å². The van der Waals surface area contributed by atoms with Gasteiger partial charge in [0.25, 0.3) is 5.56 Å². The molecule has 3 aromatic rings. The van der Waals surface area contributed by atoms with Crippen LogP contribution >= 0.6 is 0 Å². The van der Waals surface area contributed by atoms with Gasteiger partial charge in [-0.15, -0.1) is 0 Å². The van der Waals surface area contributed by atoms with E-state index in [0.29, 0.717) is 22.6 Å². The standard InChI is InChI=1S/C31H36N2O2/c1-21(23-8-5-4-6-9-23)33-13-12-24-25(28(33)35)10-7-11-26(24)32-27(34)17-31-16-22-14-29(2,19-31)18-30(3,15-22)20-31/h4-13,21-22H,14-20H2,1-3H3,(H,32,34). The van der Waals surface area contributed by atoms with Crippen molar-refractivity contribution in [2.75, 3.05) is 5.32 Å². The summed E-state index contributed by atoms with van der Waals surface area (Å²) in [6, 6.07) is 17.6. The van der Waals surface area contributed by atoms with Crippen molar-refractivity contribution in [1.82, 2.24) is 4.57 Å². The number of fused-ring (bicyclic) bond motifs is 1. The third kappa shape index (κ3) is 3.91. The molecule has 0 radical (unpaired) electrons. The fourth-order valence-electron chi connectivity index (χ4n) is 9.02. The molecule has 0 saturated heterocycles. The van der Waals surface area contributed by atoms with Crippen molar-refractivity contribution >= 4 is 22.4 Å².